The number of hydrogen-bond donors (Lipinski definition) is 2. The average Bonchev–Trinajstić information content (AvgIpc) is 3.17. The van der Waals surface area contributed by atoms with Crippen molar-refractivity contribution in [1.29, 1.82) is 0 Å². The van der Waals surface area contributed by atoms with Crippen LogP contribution < -0.4 is 10.6 Å². The molecular formula is C21H20FN7O2. The quantitative estimate of drug-likeness (QED) is 0.502. The molecule has 0 bridgehead atoms. The minimum atomic E-state index is -0.632. The largest absolute Gasteiger partial charge is 0.444 e. The van der Waals surface area contributed by atoms with Crippen LogP contribution in [0, 0.1) is 5.82 Å². The molecule has 4 aromatic heterocycles. The van der Waals surface area contributed by atoms with Gasteiger partial charge in [0.2, 0.25) is 5.82 Å². The first-order chi connectivity index (χ1) is 14.8. The molecule has 0 saturated heterocycles. The number of nitrogens with one attached hydrogen (secondary N) is 2. The van der Waals surface area contributed by atoms with Gasteiger partial charge >= 0.3 is 6.09 Å². The van der Waals surface area contributed by atoms with E-state index in [9.17, 15) is 9.18 Å². The van der Waals surface area contributed by atoms with E-state index in [2.05, 4.69) is 30.7 Å². The van der Waals surface area contributed by atoms with E-state index in [1.165, 1.54) is 12.3 Å². The Morgan fingerprint density at radius 2 is 1.97 bits per heavy atom. The third-order valence-electron chi connectivity index (χ3n) is 4.02. The van der Waals surface area contributed by atoms with Crippen molar-refractivity contribution >= 4 is 28.9 Å². The maximum atomic E-state index is 14.1. The van der Waals surface area contributed by atoms with E-state index in [0.717, 1.165) is 6.20 Å². The molecule has 0 saturated carbocycles. The van der Waals surface area contributed by atoms with Crippen molar-refractivity contribution in [2.45, 2.75) is 26.4 Å². The zero-order valence-corrected chi connectivity index (χ0v) is 17.1. The van der Waals surface area contributed by atoms with E-state index in [1.54, 1.807) is 61.8 Å². The normalized spacial score (nSPS) is 11.4. The lowest BCUT2D eigenvalue weighted by Gasteiger charge is -2.19. The summed E-state index contributed by atoms with van der Waals surface area (Å²) in [6.45, 7) is 5.32. The summed E-state index contributed by atoms with van der Waals surface area (Å²) in [6, 6.07) is 10.2. The zero-order chi connectivity index (χ0) is 22.0. The lowest BCUT2D eigenvalue weighted by molar-refractivity contribution is 0.0635. The first kappa shape index (κ1) is 20.2. The van der Waals surface area contributed by atoms with E-state index in [1.807, 2.05) is 0 Å². The number of amides is 1. The highest BCUT2D eigenvalue weighted by Gasteiger charge is 2.17. The molecule has 4 heterocycles. The first-order valence-corrected chi connectivity index (χ1v) is 9.48. The standard InChI is InChI=1S/C21H20FN7O2/c1-21(2,3)31-20(30)26-17-8-4-6-15(24-17)18-27-19(16-7-5-11-29(16)28-18)25-14-9-10-23-12-13(14)22/h4-12H,1-3H3,(H,24,26,30)(H,23,25,27,28). The second-order valence-corrected chi connectivity index (χ2v) is 7.64. The van der Waals surface area contributed by atoms with Gasteiger partial charge in [-0.25, -0.2) is 23.7 Å². The summed E-state index contributed by atoms with van der Waals surface area (Å²) in [5.41, 5.74) is 0.675. The topological polar surface area (TPSA) is 106 Å². The molecule has 2 N–H and O–H groups in total. The molecule has 0 aromatic carbocycles. The third kappa shape index (κ3) is 4.74. The Kier molecular flexibility index (Phi) is 5.20. The first-order valence-electron chi connectivity index (χ1n) is 9.48. The predicted molar refractivity (Wildman–Crippen MR) is 114 cm³/mol. The van der Waals surface area contributed by atoms with E-state index >= 15 is 0 Å². The highest BCUT2D eigenvalue weighted by atomic mass is 19.1. The lowest BCUT2D eigenvalue weighted by atomic mass is 10.2. The van der Waals surface area contributed by atoms with Crippen LogP contribution in [0.1, 0.15) is 20.8 Å². The summed E-state index contributed by atoms with van der Waals surface area (Å²) in [5.74, 6) is 0.465. The van der Waals surface area contributed by atoms with Crippen LogP contribution in [0.25, 0.3) is 17.0 Å². The fourth-order valence-electron chi connectivity index (χ4n) is 2.78. The highest BCUT2D eigenvalue weighted by Crippen LogP contribution is 2.24. The maximum absolute atomic E-state index is 14.1. The molecule has 0 radical (unpaired) electrons. The molecule has 0 aliphatic carbocycles. The molecular weight excluding hydrogens is 401 g/mol. The van der Waals surface area contributed by atoms with Crippen LogP contribution in [0.2, 0.25) is 0 Å². The van der Waals surface area contributed by atoms with E-state index in [4.69, 9.17) is 4.74 Å². The van der Waals surface area contributed by atoms with Crippen molar-refractivity contribution in [1.82, 2.24) is 24.6 Å². The molecule has 9 nitrogen and oxygen atoms in total. The Balaban J connectivity index is 1.67. The van der Waals surface area contributed by atoms with Crippen molar-refractivity contribution in [3.8, 4) is 11.5 Å². The molecule has 0 aliphatic rings. The molecule has 0 fully saturated rings. The summed E-state index contributed by atoms with van der Waals surface area (Å²) >= 11 is 0. The van der Waals surface area contributed by atoms with Gasteiger partial charge in [0, 0.05) is 12.4 Å². The van der Waals surface area contributed by atoms with Crippen LogP contribution in [-0.2, 0) is 4.74 Å². The number of hydrogen-bond acceptors (Lipinski definition) is 7. The number of pyridine rings is 2. The molecule has 31 heavy (non-hydrogen) atoms. The zero-order valence-electron chi connectivity index (χ0n) is 17.1. The molecule has 158 valence electrons. The fourth-order valence-corrected chi connectivity index (χ4v) is 2.78. The Morgan fingerprint density at radius 3 is 2.74 bits per heavy atom. The third-order valence-corrected chi connectivity index (χ3v) is 4.02. The summed E-state index contributed by atoms with van der Waals surface area (Å²) in [5, 5.41) is 10.0. The predicted octanol–water partition coefficient (Wildman–Crippen LogP) is 4.42. The number of anilines is 3. The second kappa shape index (κ2) is 7.98. The van der Waals surface area contributed by atoms with Crippen LogP contribution >= 0.6 is 0 Å². The number of carbonyl (C=O) groups excluding carboxylic acids is 1. The van der Waals surface area contributed by atoms with Gasteiger partial charge in [-0.1, -0.05) is 6.07 Å². The Labute approximate surface area is 177 Å². The molecule has 0 atom stereocenters. The van der Waals surface area contributed by atoms with Crippen molar-refractivity contribution < 1.29 is 13.9 Å². The van der Waals surface area contributed by atoms with Gasteiger partial charge in [0.25, 0.3) is 0 Å². The number of carbonyl (C=O) groups is 1. The summed E-state index contributed by atoms with van der Waals surface area (Å²) in [7, 11) is 0. The summed E-state index contributed by atoms with van der Waals surface area (Å²) in [6.07, 6.45) is 3.73. The smallest absolute Gasteiger partial charge is 0.413 e. The van der Waals surface area contributed by atoms with Gasteiger partial charge in [-0.3, -0.25) is 10.3 Å². The molecule has 0 spiro atoms. The minimum absolute atomic E-state index is 0.232. The molecule has 0 unspecified atom stereocenters. The van der Waals surface area contributed by atoms with Crippen LogP contribution in [-0.4, -0.2) is 36.3 Å². The van der Waals surface area contributed by atoms with Crippen molar-refractivity contribution in [3.05, 3.63) is 60.8 Å². The van der Waals surface area contributed by atoms with Crippen molar-refractivity contribution in [2.75, 3.05) is 10.6 Å². The van der Waals surface area contributed by atoms with E-state index < -0.39 is 17.5 Å². The number of fused-ring (bicyclic) bond motifs is 1. The fraction of sp³-hybridized carbons (Fsp3) is 0.190. The van der Waals surface area contributed by atoms with Gasteiger partial charge in [0.1, 0.15) is 22.6 Å². The van der Waals surface area contributed by atoms with Crippen LogP contribution in [0.4, 0.5) is 26.5 Å². The molecule has 4 rings (SSSR count). The van der Waals surface area contributed by atoms with Gasteiger partial charge in [0.05, 0.1) is 11.9 Å². The van der Waals surface area contributed by atoms with E-state index in [-0.39, 0.29) is 17.3 Å². The van der Waals surface area contributed by atoms with Gasteiger partial charge in [0.15, 0.2) is 11.6 Å². The van der Waals surface area contributed by atoms with Gasteiger partial charge in [-0.15, -0.1) is 5.10 Å². The van der Waals surface area contributed by atoms with Gasteiger partial charge in [-0.2, -0.15) is 0 Å². The summed E-state index contributed by atoms with van der Waals surface area (Å²) in [4.78, 5) is 24.7. The van der Waals surface area contributed by atoms with Crippen LogP contribution in [0.3, 0.4) is 0 Å². The van der Waals surface area contributed by atoms with Crippen molar-refractivity contribution in [2.24, 2.45) is 0 Å². The van der Waals surface area contributed by atoms with Gasteiger partial charge in [-0.05, 0) is 51.1 Å². The average molecular weight is 421 g/mol. The Bertz CT molecular complexity index is 1250. The Morgan fingerprint density at radius 1 is 1.13 bits per heavy atom. The Hall–Kier alpha value is -4.08. The lowest BCUT2D eigenvalue weighted by Crippen LogP contribution is -2.27. The van der Waals surface area contributed by atoms with E-state index in [0.29, 0.717) is 17.0 Å². The molecule has 0 aliphatic heterocycles. The minimum Gasteiger partial charge on any atom is -0.444 e. The second-order valence-electron chi connectivity index (χ2n) is 7.64. The molecule has 10 heteroatoms. The highest BCUT2D eigenvalue weighted by molar-refractivity contribution is 5.84. The van der Waals surface area contributed by atoms with Crippen molar-refractivity contribution in [3.63, 3.8) is 0 Å². The van der Waals surface area contributed by atoms with Crippen LogP contribution in [0.5, 0.6) is 0 Å². The number of halogens is 1. The number of ether oxygens (including phenoxy) is 1. The number of aromatic nitrogens is 5. The number of nitrogens with zero attached hydrogens (tertiary/aromatic N) is 5. The van der Waals surface area contributed by atoms with Gasteiger partial charge < -0.3 is 10.1 Å². The molecule has 4 aromatic rings. The monoisotopic (exact) mass is 421 g/mol. The SMILES string of the molecule is CC(C)(C)OC(=O)Nc1cccc(-c2nc(Nc3ccncc3F)c3cccn3n2)n1. The van der Waals surface area contributed by atoms with Crippen LogP contribution in [0.15, 0.2) is 55.0 Å². The maximum Gasteiger partial charge on any atom is 0.413 e. The molecule has 1 amide bonds. The number of rotatable bonds is 4. The summed E-state index contributed by atoms with van der Waals surface area (Å²) < 4.78 is 20.9.